The van der Waals surface area contributed by atoms with Crippen molar-refractivity contribution < 1.29 is 51.9 Å². The fraction of sp³-hybridized carbons (Fsp3) is 0.571. The Hall–Kier alpha value is -2.75. The first-order valence-electron chi connectivity index (χ1n) is 18.6. The van der Waals surface area contributed by atoms with Gasteiger partial charge in [-0.25, -0.2) is 18.4 Å². The van der Waals surface area contributed by atoms with Crippen LogP contribution in [-0.2, 0) is 28.4 Å². The van der Waals surface area contributed by atoms with Gasteiger partial charge in [0.15, 0.2) is 23.8 Å². The molecule has 0 saturated carbocycles. The fourth-order valence-corrected chi connectivity index (χ4v) is 6.54. The molecule has 2 aromatic rings. The first kappa shape index (κ1) is 45.6. The van der Waals surface area contributed by atoms with Crippen molar-refractivity contribution >= 4 is 34.5 Å². The van der Waals surface area contributed by atoms with Gasteiger partial charge in [0.05, 0.1) is 23.3 Å². The van der Waals surface area contributed by atoms with E-state index in [4.69, 9.17) is 28.4 Å². The molecule has 4 rings (SSSR count). The summed E-state index contributed by atoms with van der Waals surface area (Å²) in [6, 6.07) is 17.0. The van der Waals surface area contributed by atoms with Gasteiger partial charge in [0.1, 0.15) is 23.9 Å². The molecule has 0 bridgehead atoms. The van der Waals surface area contributed by atoms with Crippen LogP contribution >= 0.6 is 22.6 Å². The first-order chi connectivity index (χ1) is 25.5. The number of esters is 2. The van der Waals surface area contributed by atoms with E-state index in [0.717, 1.165) is 4.43 Å². The highest BCUT2D eigenvalue weighted by Crippen LogP contribution is 2.37. The van der Waals surface area contributed by atoms with Gasteiger partial charge in [0, 0.05) is 11.0 Å². The van der Waals surface area contributed by atoms with Crippen LogP contribution in [0.2, 0.25) is 0 Å². The maximum absolute atomic E-state index is 15.1. The van der Waals surface area contributed by atoms with Crippen LogP contribution in [0.25, 0.3) is 0 Å². The zero-order valence-corrected chi connectivity index (χ0v) is 34.8. The zero-order chi connectivity index (χ0) is 40.1. The Morgan fingerprint density at radius 2 is 1.07 bits per heavy atom. The predicted octanol–water partition coefficient (Wildman–Crippen LogP) is 9.47. The second kappa shape index (κ2) is 21.5. The van der Waals surface area contributed by atoms with E-state index in [1.54, 1.807) is 82.3 Å². The van der Waals surface area contributed by atoms with Crippen molar-refractivity contribution in [2.75, 3.05) is 11.0 Å². The Morgan fingerprint density at radius 1 is 0.704 bits per heavy atom. The monoisotopic (exact) mass is 870 g/mol. The normalized spacial score (nSPS) is 23.4. The van der Waals surface area contributed by atoms with E-state index in [0.29, 0.717) is 36.3 Å². The molecule has 2 saturated heterocycles. The number of aliphatic hydroxyl groups is 1. The van der Waals surface area contributed by atoms with E-state index in [1.165, 1.54) is 12.2 Å². The quantitative estimate of drug-likeness (QED) is 0.100. The third-order valence-electron chi connectivity index (χ3n) is 8.45. The molecule has 0 aliphatic carbocycles. The number of benzene rings is 2. The number of alkyl halides is 1. The number of aliphatic hydroxyl groups excluding tert-OH is 1. The summed E-state index contributed by atoms with van der Waals surface area (Å²) in [6.45, 7) is 14.8. The minimum atomic E-state index is -1.24. The standard InChI is InChI=1S/C21H28FIO4.C21H29FO5/c2*1-14(2)10-11-16(22)18(25-20(24)15-8-6-5-7-9-15)19-17(12-13-23)26-21(3,4)27-19/h5-9,11,14,17-19H,10,12-13H2,1-4H3;5-9,11,14,17-19,23H,10,12-13H2,1-4H3/b2*16-11+. The molecular formula is C42H57F2IO9. The largest absolute Gasteiger partial charge is 0.449 e. The average molecular weight is 871 g/mol. The third kappa shape index (κ3) is 14.4. The van der Waals surface area contributed by atoms with Crippen LogP contribution < -0.4 is 0 Å². The van der Waals surface area contributed by atoms with Crippen molar-refractivity contribution in [1.29, 1.82) is 0 Å². The molecule has 12 heteroatoms. The van der Waals surface area contributed by atoms with Crippen LogP contribution in [0, 0.1) is 11.8 Å². The lowest BCUT2D eigenvalue weighted by Gasteiger charge is -2.25. The minimum Gasteiger partial charge on any atom is -0.449 e. The summed E-state index contributed by atoms with van der Waals surface area (Å²) >= 11 is 2.25. The Kier molecular flexibility index (Phi) is 18.2. The van der Waals surface area contributed by atoms with Crippen LogP contribution in [0.15, 0.2) is 84.5 Å². The number of carbonyl (C=O) groups is 2. The molecule has 0 spiro atoms. The lowest BCUT2D eigenvalue weighted by atomic mass is 10.0. The van der Waals surface area contributed by atoms with E-state index in [-0.39, 0.29) is 25.0 Å². The Bertz CT molecular complexity index is 1400. The highest BCUT2D eigenvalue weighted by Gasteiger charge is 2.49. The molecule has 9 nitrogen and oxygen atoms in total. The van der Waals surface area contributed by atoms with E-state index in [1.807, 2.05) is 33.8 Å². The van der Waals surface area contributed by atoms with Gasteiger partial charge in [0.2, 0.25) is 0 Å². The SMILES string of the molecule is CC(C)C/C=C(/F)C(OC(=O)c1ccccc1)C1OC(C)(C)OC1CCI.CC(C)C/C=C(/F)C(OC(=O)c1ccccc1)C1OC(C)(C)OC1CCO. The van der Waals surface area contributed by atoms with Crippen molar-refractivity contribution in [3.8, 4) is 0 Å². The smallest absolute Gasteiger partial charge is 0.338 e. The van der Waals surface area contributed by atoms with Crippen LogP contribution in [-0.4, -0.2) is 76.3 Å². The lowest BCUT2D eigenvalue weighted by Crippen LogP contribution is -2.40. The lowest BCUT2D eigenvalue weighted by molar-refractivity contribution is -0.155. The van der Waals surface area contributed by atoms with Crippen LogP contribution in [0.4, 0.5) is 8.78 Å². The van der Waals surface area contributed by atoms with Gasteiger partial charge < -0.3 is 33.5 Å². The topological polar surface area (TPSA) is 110 Å². The number of hydrogen-bond donors (Lipinski definition) is 1. The summed E-state index contributed by atoms with van der Waals surface area (Å²) in [4.78, 5) is 25.1. The Morgan fingerprint density at radius 3 is 1.41 bits per heavy atom. The molecule has 2 fully saturated rings. The molecule has 54 heavy (non-hydrogen) atoms. The Labute approximate surface area is 332 Å². The second-order valence-electron chi connectivity index (χ2n) is 15.1. The molecule has 6 atom stereocenters. The number of carbonyl (C=O) groups excluding carboxylic acids is 2. The number of rotatable bonds is 16. The van der Waals surface area contributed by atoms with Crippen molar-refractivity contribution in [2.45, 2.75) is 129 Å². The van der Waals surface area contributed by atoms with Crippen LogP contribution in [0.3, 0.4) is 0 Å². The predicted molar refractivity (Wildman–Crippen MR) is 211 cm³/mol. The summed E-state index contributed by atoms with van der Waals surface area (Å²) in [7, 11) is 0. The molecule has 0 radical (unpaired) electrons. The zero-order valence-electron chi connectivity index (χ0n) is 32.6. The van der Waals surface area contributed by atoms with Crippen molar-refractivity contribution in [3.05, 3.63) is 95.6 Å². The number of halogens is 3. The van der Waals surface area contributed by atoms with Crippen LogP contribution in [0.5, 0.6) is 0 Å². The summed E-state index contributed by atoms with van der Waals surface area (Å²) in [6.07, 6.45) is 0.0833. The van der Waals surface area contributed by atoms with Gasteiger partial charge >= 0.3 is 11.9 Å². The molecular weight excluding hydrogens is 813 g/mol. The second-order valence-corrected chi connectivity index (χ2v) is 16.2. The molecule has 6 unspecified atom stereocenters. The minimum absolute atomic E-state index is 0.142. The van der Waals surface area contributed by atoms with Gasteiger partial charge in [-0.3, -0.25) is 0 Å². The summed E-state index contributed by atoms with van der Waals surface area (Å²) in [5.41, 5.74) is 0.707. The highest BCUT2D eigenvalue weighted by molar-refractivity contribution is 14.1. The maximum atomic E-state index is 15.1. The summed E-state index contributed by atoms with van der Waals surface area (Å²) in [5, 5.41) is 9.32. The van der Waals surface area contributed by atoms with Crippen molar-refractivity contribution in [2.24, 2.45) is 11.8 Å². The molecule has 1 N–H and O–H groups in total. The van der Waals surface area contributed by atoms with Gasteiger partial charge in [0.25, 0.3) is 0 Å². The molecule has 2 aromatic carbocycles. The van der Waals surface area contributed by atoms with Gasteiger partial charge in [-0.1, -0.05) is 86.7 Å². The van der Waals surface area contributed by atoms with Gasteiger partial charge in [-0.15, -0.1) is 0 Å². The van der Waals surface area contributed by atoms with Crippen molar-refractivity contribution in [1.82, 2.24) is 0 Å². The molecule has 0 aromatic heterocycles. The van der Waals surface area contributed by atoms with E-state index >= 15 is 8.78 Å². The average Bonchev–Trinajstić information content (AvgIpc) is 3.60. The van der Waals surface area contributed by atoms with Gasteiger partial charge in [-0.05, 0) is 102 Å². The number of ether oxygens (including phenoxy) is 6. The fourth-order valence-electron chi connectivity index (χ4n) is 5.93. The van der Waals surface area contributed by atoms with E-state index < -0.39 is 65.7 Å². The number of allylic oxidation sites excluding steroid dienone is 2. The molecule has 2 aliphatic rings. The molecule has 0 amide bonds. The van der Waals surface area contributed by atoms with E-state index in [9.17, 15) is 14.7 Å². The van der Waals surface area contributed by atoms with Crippen molar-refractivity contribution in [3.63, 3.8) is 0 Å². The van der Waals surface area contributed by atoms with E-state index in [2.05, 4.69) is 22.6 Å². The summed E-state index contributed by atoms with van der Waals surface area (Å²) < 4.78 is 65.5. The number of hydrogen-bond acceptors (Lipinski definition) is 9. The van der Waals surface area contributed by atoms with Crippen LogP contribution in [0.1, 0.15) is 102 Å². The van der Waals surface area contributed by atoms with Gasteiger partial charge in [-0.2, -0.15) is 0 Å². The Balaban J connectivity index is 0.000000290. The molecule has 2 heterocycles. The molecule has 300 valence electrons. The maximum Gasteiger partial charge on any atom is 0.338 e. The third-order valence-corrected chi connectivity index (χ3v) is 9.07. The summed E-state index contributed by atoms with van der Waals surface area (Å²) in [5.74, 6) is -3.52. The first-order valence-corrected chi connectivity index (χ1v) is 20.1. The molecule has 2 aliphatic heterocycles. The highest BCUT2D eigenvalue weighted by atomic mass is 127.